The third-order valence-electron chi connectivity index (χ3n) is 3.75. The lowest BCUT2D eigenvalue weighted by Crippen LogP contribution is -2.41. The summed E-state index contributed by atoms with van der Waals surface area (Å²) in [5.74, 6) is -0.609. The lowest BCUT2D eigenvalue weighted by Gasteiger charge is -2.24. The Balaban J connectivity index is 1.99. The van der Waals surface area contributed by atoms with Crippen molar-refractivity contribution in [2.45, 2.75) is 45.3 Å². The standard InChI is InChI=1S/C16H22FNO3/c1-12(16(20)18-8-4-2-3-5-9-18)21-15-7-6-13(11-19)10-14(15)17/h6-7,10,12,19H,2-5,8-9,11H2,1H3. The smallest absolute Gasteiger partial charge is 0.263 e. The number of carbonyl (C=O) groups is 1. The second-order valence-electron chi connectivity index (χ2n) is 5.42. The minimum Gasteiger partial charge on any atom is -0.478 e. The molecule has 1 atom stereocenters. The first-order chi connectivity index (χ1) is 10.1. The molecule has 1 aliphatic rings. The minimum atomic E-state index is -0.711. The summed E-state index contributed by atoms with van der Waals surface area (Å²) in [7, 11) is 0. The van der Waals surface area contributed by atoms with Gasteiger partial charge in [0.15, 0.2) is 17.7 Å². The Morgan fingerprint density at radius 1 is 1.33 bits per heavy atom. The summed E-state index contributed by atoms with van der Waals surface area (Å²) in [5, 5.41) is 8.95. The molecule has 1 heterocycles. The van der Waals surface area contributed by atoms with Crippen LogP contribution in [-0.4, -0.2) is 35.1 Å². The number of benzene rings is 1. The third-order valence-corrected chi connectivity index (χ3v) is 3.75. The van der Waals surface area contributed by atoms with Gasteiger partial charge in [-0.2, -0.15) is 0 Å². The van der Waals surface area contributed by atoms with Gasteiger partial charge in [0.2, 0.25) is 0 Å². The van der Waals surface area contributed by atoms with Crippen molar-refractivity contribution in [1.29, 1.82) is 0 Å². The molecule has 1 saturated heterocycles. The maximum atomic E-state index is 13.8. The molecule has 1 N–H and O–H groups in total. The number of amides is 1. The van der Waals surface area contributed by atoms with E-state index in [0.29, 0.717) is 5.56 Å². The highest BCUT2D eigenvalue weighted by Crippen LogP contribution is 2.21. The molecule has 4 nitrogen and oxygen atoms in total. The van der Waals surface area contributed by atoms with Gasteiger partial charge < -0.3 is 14.7 Å². The fourth-order valence-corrected chi connectivity index (χ4v) is 2.53. The van der Waals surface area contributed by atoms with Gasteiger partial charge in [0.25, 0.3) is 5.91 Å². The quantitative estimate of drug-likeness (QED) is 0.928. The van der Waals surface area contributed by atoms with Gasteiger partial charge in [-0.3, -0.25) is 4.79 Å². The van der Waals surface area contributed by atoms with E-state index in [1.807, 2.05) is 0 Å². The van der Waals surface area contributed by atoms with E-state index in [2.05, 4.69) is 0 Å². The van der Waals surface area contributed by atoms with Crippen LogP contribution in [0.5, 0.6) is 5.75 Å². The van der Waals surface area contributed by atoms with Crippen molar-refractivity contribution in [2.24, 2.45) is 0 Å². The van der Waals surface area contributed by atoms with Crippen LogP contribution in [0.1, 0.15) is 38.2 Å². The number of rotatable bonds is 4. The highest BCUT2D eigenvalue weighted by molar-refractivity contribution is 5.80. The first-order valence-electron chi connectivity index (χ1n) is 7.46. The number of hydrogen-bond donors (Lipinski definition) is 1. The molecule has 1 aromatic rings. The van der Waals surface area contributed by atoms with Crippen LogP contribution in [0.4, 0.5) is 4.39 Å². The molecule has 116 valence electrons. The van der Waals surface area contributed by atoms with Crippen molar-refractivity contribution in [1.82, 2.24) is 4.90 Å². The average molecular weight is 295 g/mol. The maximum Gasteiger partial charge on any atom is 0.263 e. The van der Waals surface area contributed by atoms with Gasteiger partial charge in [-0.1, -0.05) is 18.9 Å². The van der Waals surface area contributed by atoms with Gasteiger partial charge >= 0.3 is 0 Å². The van der Waals surface area contributed by atoms with Gasteiger partial charge in [0.05, 0.1) is 6.61 Å². The number of likely N-dealkylation sites (tertiary alicyclic amines) is 1. The zero-order chi connectivity index (χ0) is 15.2. The van der Waals surface area contributed by atoms with E-state index >= 15 is 0 Å². The van der Waals surface area contributed by atoms with Crippen LogP contribution in [0.3, 0.4) is 0 Å². The minimum absolute atomic E-state index is 0.0443. The molecule has 1 unspecified atom stereocenters. The van der Waals surface area contributed by atoms with Crippen LogP contribution in [0.2, 0.25) is 0 Å². The molecule has 0 aliphatic carbocycles. The van der Waals surface area contributed by atoms with Crippen molar-refractivity contribution >= 4 is 5.91 Å². The summed E-state index contributed by atoms with van der Waals surface area (Å²) in [6, 6.07) is 4.26. The van der Waals surface area contributed by atoms with E-state index in [9.17, 15) is 9.18 Å². The van der Waals surface area contributed by atoms with Crippen molar-refractivity contribution in [3.8, 4) is 5.75 Å². The first-order valence-corrected chi connectivity index (χ1v) is 7.46. The topological polar surface area (TPSA) is 49.8 Å². The van der Waals surface area contributed by atoms with Crippen LogP contribution in [0.25, 0.3) is 0 Å². The van der Waals surface area contributed by atoms with Gasteiger partial charge in [-0.15, -0.1) is 0 Å². The van der Waals surface area contributed by atoms with E-state index in [0.717, 1.165) is 38.8 Å². The Hall–Kier alpha value is -1.62. The molecule has 1 aromatic carbocycles. The van der Waals surface area contributed by atoms with Crippen molar-refractivity contribution < 1.29 is 19.0 Å². The Morgan fingerprint density at radius 2 is 2.00 bits per heavy atom. The average Bonchev–Trinajstić information content (AvgIpc) is 2.77. The number of carbonyl (C=O) groups excluding carboxylic acids is 1. The van der Waals surface area contributed by atoms with Crippen molar-refractivity contribution in [2.75, 3.05) is 13.1 Å². The molecule has 21 heavy (non-hydrogen) atoms. The van der Waals surface area contributed by atoms with E-state index in [4.69, 9.17) is 9.84 Å². The van der Waals surface area contributed by atoms with Crippen LogP contribution in [-0.2, 0) is 11.4 Å². The lowest BCUT2D eigenvalue weighted by molar-refractivity contribution is -0.137. The van der Waals surface area contributed by atoms with Crippen LogP contribution in [0.15, 0.2) is 18.2 Å². The van der Waals surface area contributed by atoms with Gasteiger partial charge in [-0.05, 0) is 37.5 Å². The Morgan fingerprint density at radius 3 is 2.57 bits per heavy atom. The molecule has 0 spiro atoms. The Bertz CT molecular complexity index is 484. The number of aliphatic hydroxyl groups excluding tert-OH is 1. The molecular formula is C16H22FNO3. The van der Waals surface area contributed by atoms with Crippen LogP contribution in [0, 0.1) is 5.82 Å². The van der Waals surface area contributed by atoms with Crippen LogP contribution >= 0.6 is 0 Å². The monoisotopic (exact) mass is 295 g/mol. The molecule has 2 rings (SSSR count). The molecule has 0 aromatic heterocycles. The number of hydrogen-bond acceptors (Lipinski definition) is 3. The highest BCUT2D eigenvalue weighted by Gasteiger charge is 2.23. The number of ether oxygens (including phenoxy) is 1. The van der Waals surface area contributed by atoms with Crippen molar-refractivity contribution in [3.05, 3.63) is 29.6 Å². The largest absolute Gasteiger partial charge is 0.478 e. The molecule has 5 heteroatoms. The van der Waals surface area contributed by atoms with Gasteiger partial charge in [0.1, 0.15) is 0 Å². The SMILES string of the molecule is CC(Oc1ccc(CO)cc1F)C(=O)N1CCCCCC1. The fourth-order valence-electron chi connectivity index (χ4n) is 2.53. The maximum absolute atomic E-state index is 13.8. The molecule has 0 radical (unpaired) electrons. The summed E-state index contributed by atoms with van der Waals surface area (Å²) < 4.78 is 19.3. The van der Waals surface area contributed by atoms with Crippen LogP contribution < -0.4 is 4.74 Å². The Kier molecular flexibility index (Phi) is 5.56. The molecular weight excluding hydrogens is 273 g/mol. The lowest BCUT2D eigenvalue weighted by atomic mass is 10.2. The molecule has 1 fully saturated rings. The highest BCUT2D eigenvalue weighted by atomic mass is 19.1. The first kappa shape index (κ1) is 15.8. The second-order valence-corrected chi connectivity index (χ2v) is 5.42. The number of nitrogens with zero attached hydrogens (tertiary/aromatic N) is 1. The second kappa shape index (κ2) is 7.41. The summed E-state index contributed by atoms with van der Waals surface area (Å²) in [6.45, 7) is 2.92. The van der Waals surface area contributed by atoms with E-state index < -0.39 is 11.9 Å². The summed E-state index contributed by atoms with van der Waals surface area (Å²) >= 11 is 0. The van der Waals surface area contributed by atoms with E-state index in [-0.39, 0.29) is 18.3 Å². The zero-order valence-corrected chi connectivity index (χ0v) is 12.3. The number of halogens is 1. The molecule has 0 saturated carbocycles. The zero-order valence-electron chi connectivity index (χ0n) is 12.3. The summed E-state index contributed by atoms with van der Waals surface area (Å²) in [4.78, 5) is 14.1. The normalized spacial score (nSPS) is 17.2. The fraction of sp³-hybridized carbons (Fsp3) is 0.562. The summed E-state index contributed by atoms with van der Waals surface area (Å²) in [5.41, 5.74) is 0.478. The molecule has 0 bridgehead atoms. The number of aliphatic hydroxyl groups is 1. The molecule has 1 aliphatic heterocycles. The van der Waals surface area contributed by atoms with Crippen molar-refractivity contribution in [3.63, 3.8) is 0 Å². The van der Waals surface area contributed by atoms with E-state index in [1.165, 1.54) is 12.1 Å². The summed E-state index contributed by atoms with van der Waals surface area (Å²) in [6.07, 6.45) is 3.61. The predicted molar refractivity (Wildman–Crippen MR) is 77.5 cm³/mol. The van der Waals surface area contributed by atoms with Gasteiger partial charge in [-0.25, -0.2) is 4.39 Å². The van der Waals surface area contributed by atoms with E-state index in [1.54, 1.807) is 17.9 Å². The predicted octanol–water partition coefficient (Wildman–Crippen LogP) is 2.49. The third kappa shape index (κ3) is 4.17. The molecule has 1 amide bonds. The Labute approximate surface area is 124 Å². The van der Waals surface area contributed by atoms with Gasteiger partial charge in [0, 0.05) is 13.1 Å².